The average molecular weight is 663 g/mol. The summed E-state index contributed by atoms with van der Waals surface area (Å²) < 4.78 is 13.2. The Labute approximate surface area is 292 Å². The molecule has 3 atom stereocenters. The standard InChI is InChI=1S/C42H66N2O4/c1-2-3-4-5-6-7-8-9-10-11-12-14-17-20-41(46)43-32-35-21-27-38(28-22-35)42-47-39(33-44-29-18-15-13-16-19-30-44)31-40(48-42)37-25-23-36(34-45)24-26-37/h21-28,39-40,42,45H,2-20,29-34H2,1H3,(H,43,46)/t39-,40+,42?/m0/s1. The number of aliphatic hydroxyl groups excluding tert-OH is 1. The van der Waals surface area contributed by atoms with Crippen molar-refractivity contribution in [2.75, 3.05) is 19.6 Å². The van der Waals surface area contributed by atoms with Crippen LogP contribution < -0.4 is 5.32 Å². The van der Waals surface area contributed by atoms with Gasteiger partial charge in [0.2, 0.25) is 5.91 Å². The van der Waals surface area contributed by atoms with Gasteiger partial charge in [-0.2, -0.15) is 0 Å². The smallest absolute Gasteiger partial charge is 0.220 e. The minimum atomic E-state index is -0.444. The third-order valence-electron chi connectivity index (χ3n) is 10.3. The number of amides is 1. The minimum Gasteiger partial charge on any atom is -0.392 e. The molecule has 268 valence electrons. The summed E-state index contributed by atoms with van der Waals surface area (Å²) in [6, 6.07) is 16.5. The van der Waals surface area contributed by atoms with E-state index in [1.807, 2.05) is 12.1 Å². The fourth-order valence-corrected chi connectivity index (χ4v) is 7.20. The lowest BCUT2D eigenvalue weighted by Gasteiger charge is -2.38. The van der Waals surface area contributed by atoms with Gasteiger partial charge in [0, 0.05) is 31.5 Å². The van der Waals surface area contributed by atoms with Gasteiger partial charge < -0.3 is 24.8 Å². The first-order valence-corrected chi connectivity index (χ1v) is 19.7. The molecule has 2 heterocycles. The predicted octanol–water partition coefficient (Wildman–Crippen LogP) is 10.1. The van der Waals surface area contributed by atoms with Gasteiger partial charge in [-0.1, -0.05) is 152 Å². The molecule has 0 aromatic heterocycles. The van der Waals surface area contributed by atoms with Gasteiger partial charge in [0.1, 0.15) is 0 Å². The maximum atomic E-state index is 12.5. The van der Waals surface area contributed by atoms with Gasteiger partial charge in [-0.05, 0) is 49.0 Å². The van der Waals surface area contributed by atoms with E-state index in [-0.39, 0.29) is 24.7 Å². The van der Waals surface area contributed by atoms with Crippen LogP contribution in [0.3, 0.4) is 0 Å². The van der Waals surface area contributed by atoms with Gasteiger partial charge in [0.25, 0.3) is 0 Å². The lowest BCUT2D eigenvalue weighted by Crippen LogP contribution is -2.40. The summed E-state index contributed by atoms with van der Waals surface area (Å²) in [6.07, 6.45) is 24.6. The predicted molar refractivity (Wildman–Crippen MR) is 197 cm³/mol. The zero-order valence-electron chi connectivity index (χ0n) is 30.1. The van der Waals surface area contributed by atoms with E-state index in [0.717, 1.165) is 61.2 Å². The van der Waals surface area contributed by atoms with Gasteiger partial charge in [0.05, 0.1) is 18.8 Å². The monoisotopic (exact) mass is 663 g/mol. The van der Waals surface area contributed by atoms with Crippen LogP contribution in [0.25, 0.3) is 0 Å². The number of carbonyl (C=O) groups excluding carboxylic acids is 1. The lowest BCUT2D eigenvalue weighted by atomic mass is 9.99. The van der Waals surface area contributed by atoms with Gasteiger partial charge >= 0.3 is 0 Å². The number of benzene rings is 2. The summed E-state index contributed by atoms with van der Waals surface area (Å²) >= 11 is 0. The molecule has 0 radical (unpaired) electrons. The molecule has 4 rings (SSSR count). The molecule has 48 heavy (non-hydrogen) atoms. The summed E-state index contributed by atoms with van der Waals surface area (Å²) in [6.45, 7) is 6.07. The number of carbonyl (C=O) groups is 1. The van der Waals surface area contributed by atoms with Crippen molar-refractivity contribution in [2.24, 2.45) is 0 Å². The Kier molecular flexibility index (Phi) is 18.6. The van der Waals surface area contributed by atoms with Crippen molar-refractivity contribution in [1.29, 1.82) is 0 Å². The van der Waals surface area contributed by atoms with Crippen molar-refractivity contribution in [3.63, 3.8) is 0 Å². The number of likely N-dealkylation sites (tertiary alicyclic amines) is 1. The molecule has 6 heteroatoms. The molecule has 2 saturated heterocycles. The average Bonchev–Trinajstić information content (AvgIpc) is 3.10. The summed E-state index contributed by atoms with van der Waals surface area (Å²) in [5, 5.41) is 12.6. The number of unbranched alkanes of at least 4 members (excludes halogenated alkanes) is 12. The van der Waals surface area contributed by atoms with Gasteiger partial charge in [-0.15, -0.1) is 0 Å². The van der Waals surface area contributed by atoms with Gasteiger partial charge in [-0.25, -0.2) is 0 Å². The quantitative estimate of drug-likeness (QED) is 0.130. The molecular weight excluding hydrogens is 596 g/mol. The van der Waals surface area contributed by atoms with E-state index in [0.29, 0.717) is 13.0 Å². The van der Waals surface area contributed by atoms with Gasteiger partial charge in [0.15, 0.2) is 6.29 Å². The molecule has 2 aliphatic rings. The first-order chi connectivity index (χ1) is 23.6. The zero-order valence-corrected chi connectivity index (χ0v) is 30.1. The van der Waals surface area contributed by atoms with Crippen LogP contribution in [0.4, 0.5) is 0 Å². The maximum absolute atomic E-state index is 12.5. The van der Waals surface area contributed by atoms with Crippen LogP contribution in [0.1, 0.15) is 170 Å². The molecule has 0 spiro atoms. The molecule has 2 fully saturated rings. The molecule has 2 aromatic rings. The second-order valence-electron chi connectivity index (χ2n) is 14.4. The van der Waals surface area contributed by atoms with Crippen LogP contribution in [-0.2, 0) is 27.4 Å². The number of aliphatic hydroxyl groups is 1. The zero-order chi connectivity index (χ0) is 33.7. The fourth-order valence-electron chi connectivity index (χ4n) is 7.20. The second-order valence-corrected chi connectivity index (χ2v) is 14.4. The second kappa shape index (κ2) is 23.2. The Morgan fingerprint density at radius 1 is 0.708 bits per heavy atom. The molecule has 1 unspecified atom stereocenters. The number of hydrogen-bond acceptors (Lipinski definition) is 5. The molecule has 2 aliphatic heterocycles. The number of nitrogens with zero attached hydrogens (tertiary/aromatic N) is 1. The van der Waals surface area contributed by atoms with E-state index in [9.17, 15) is 9.90 Å². The van der Waals surface area contributed by atoms with Crippen molar-refractivity contribution in [3.8, 4) is 0 Å². The molecule has 6 nitrogen and oxygen atoms in total. The van der Waals surface area contributed by atoms with Crippen LogP contribution in [0.5, 0.6) is 0 Å². The van der Waals surface area contributed by atoms with Gasteiger partial charge in [-0.3, -0.25) is 4.79 Å². The highest BCUT2D eigenvalue weighted by Gasteiger charge is 2.33. The summed E-state index contributed by atoms with van der Waals surface area (Å²) in [5.41, 5.74) is 4.13. The highest BCUT2D eigenvalue weighted by Crippen LogP contribution is 2.38. The van der Waals surface area contributed by atoms with Crippen molar-refractivity contribution in [2.45, 2.75) is 167 Å². The van der Waals surface area contributed by atoms with E-state index in [1.165, 1.54) is 103 Å². The highest BCUT2D eigenvalue weighted by atomic mass is 16.7. The van der Waals surface area contributed by atoms with E-state index < -0.39 is 6.29 Å². The molecule has 0 saturated carbocycles. The Bertz CT molecular complexity index is 1110. The van der Waals surface area contributed by atoms with E-state index in [1.54, 1.807) is 0 Å². The first-order valence-electron chi connectivity index (χ1n) is 19.7. The Balaban J connectivity index is 1.18. The third kappa shape index (κ3) is 14.7. The summed E-state index contributed by atoms with van der Waals surface area (Å²) in [5.74, 6) is 0.142. The van der Waals surface area contributed by atoms with Crippen LogP contribution in [0.2, 0.25) is 0 Å². The van der Waals surface area contributed by atoms with Crippen molar-refractivity contribution in [1.82, 2.24) is 10.2 Å². The highest BCUT2D eigenvalue weighted by molar-refractivity contribution is 5.75. The molecule has 2 N–H and O–H groups in total. The van der Waals surface area contributed by atoms with E-state index in [4.69, 9.17) is 9.47 Å². The molecule has 0 bridgehead atoms. The Morgan fingerprint density at radius 3 is 1.85 bits per heavy atom. The molecular formula is C42H66N2O4. The van der Waals surface area contributed by atoms with Crippen LogP contribution in [0.15, 0.2) is 48.5 Å². The van der Waals surface area contributed by atoms with Crippen molar-refractivity contribution >= 4 is 5.91 Å². The molecule has 2 aromatic carbocycles. The topological polar surface area (TPSA) is 71.0 Å². The number of rotatable bonds is 21. The SMILES string of the molecule is CCCCCCCCCCCCCCCC(=O)NCc1ccc(C2O[C@H](CN3CCCCCCC3)C[C@H](c3ccc(CO)cc3)O2)cc1. The Morgan fingerprint density at radius 2 is 1.25 bits per heavy atom. The maximum Gasteiger partial charge on any atom is 0.220 e. The van der Waals surface area contributed by atoms with Crippen LogP contribution in [-0.4, -0.2) is 41.7 Å². The largest absolute Gasteiger partial charge is 0.392 e. The number of hydrogen-bond donors (Lipinski definition) is 2. The normalized spacial score (nSPS) is 20.7. The van der Waals surface area contributed by atoms with Crippen LogP contribution in [0, 0.1) is 0 Å². The fraction of sp³-hybridized carbons (Fsp3) is 0.690. The third-order valence-corrected chi connectivity index (χ3v) is 10.3. The molecule has 1 amide bonds. The van der Waals surface area contributed by atoms with Crippen molar-refractivity contribution < 1.29 is 19.4 Å². The summed E-state index contributed by atoms with van der Waals surface area (Å²) in [4.78, 5) is 15.1. The van der Waals surface area contributed by atoms with Crippen LogP contribution >= 0.6 is 0 Å². The Hall–Kier alpha value is -2.25. The van der Waals surface area contributed by atoms with E-state index >= 15 is 0 Å². The number of ether oxygens (including phenoxy) is 2. The minimum absolute atomic E-state index is 0.0430. The first kappa shape index (κ1) is 38.6. The summed E-state index contributed by atoms with van der Waals surface area (Å²) in [7, 11) is 0. The number of nitrogens with one attached hydrogen (secondary N) is 1. The van der Waals surface area contributed by atoms with Crippen molar-refractivity contribution in [3.05, 3.63) is 70.8 Å². The lowest BCUT2D eigenvalue weighted by molar-refractivity contribution is -0.253. The molecule has 0 aliphatic carbocycles. The van der Waals surface area contributed by atoms with E-state index in [2.05, 4.69) is 53.5 Å².